The molecule has 110 valence electrons. The predicted molar refractivity (Wildman–Crippen MR) is 66.7 cm³/mol. The lowest BCUT2D eigenvalue weighted by molar-refractivity contribution is -0.146. The molecule has 0 N–H and O–H groups in total. The second-order valence-electron chi connectivity index (χ2n) is 4.36. The van der Waals surface area contributed by atoms with Gasteiger partial charge in [-0.05, 0) is 12.8 Å². The molecule has 1 aliphatic rings. The van der Waals surface area contributed by atoms with E-state index in [2.05, 4.69) is 9.47 Å². The average Bonchev–Trinajstić information content (AvgIpc) is 2.44. The number of ether oxygens (including phenoxy) is 2. The summed E-state index contributed by atoms with van der Waals surface area (Å²) in [5.74, 6) is -1.68. The summed E-state index contributed by atoms with van der Waals surface area (Å²) in [5, 5.41) is 0. The molecule has 7 nitrogen and oxygen atoms in total. The summed E-state index contributed by atoms with van der Waals surface area (Å²) in [6.07, 6.45) is 1.05. The van der Waals surface area contributed by atoms with Gasteiger partial charge in [0, 0.05) is 13.1 Å². The zero-order valence-corrected chi connectivity index (χ0v) is 11.9. The van der Waals surface area contributed by atoms with Crippen LogP contribution in [0.5, 0.6) is 0 Å². The van der Waals surface area contributed by atoms with Crippen molar-refractivity contribution in [3.63, 3.8) is 0 Å². The van der Waals surface area contributed by atoms with Crippen molar-refractivity contribution in [2.45, 2.75) is 19.3 Å². The number of piperidine rings is 1. The number of sulfonamides is 1. The quantitative estimate of drug-likeness (QED) is 0.650. The maximum Gasteiger partial charge on any atom is 0.309 e. The first kappa shape index (κ1) is 15.9. The molecule has 1 heterocycles. The highest BCUT2D eigenvalue weighted by Gasteiger charge is 2.32. The minimum Gasteiger partial charge on any atom is -0.469 e. The van der Waals surface area contributed by atoms with Gasteiger partial charge in [0.25, 0.3) is 0 Å². The Morgan fingerprint density at radius 2 is 1.95 bits per heavy atom. The van der Waals surface area contributed by atoms with Gasteiger partial charge in [-0.3, -0.25) is 9.59 Å². The van der Waals surface area contributed by atoms with Crippen LogP contribution in [0.2, 0.25) is 0 Å². The molecule has 1 rings (SSSR count). The lowest BCUT2D eigenvalue weighted by atomic mass is 10.0. The molecule has 1 unspecified atom stereocenters. The van der Waals surface area contributed by atoms with Crippen molar-refractivity contribution in [1.82, 2.24) is 4.31 Å². The molecule has 0 amide bonds. The second-order valence-corrected chi connectivity index (χ2v) is 6.45. The maximum atomic E-state index is 12.0. The predicted octanol–water partition coefficient (Wildman–Crippen LogP) is -0.236. The van der Waals surface area contributed by atoms with Gasteiger partial charge in [0.2, 0.25) is 10.0 Å². The number of methoxy groups -OCH3 is 2. The highest BCUT2D eigenvalue weighted by atomic mass is 32.2. The number of hydrogen-bond donors (Lipinski definition) is 0. The molecule has 0 aromatic heterocycles. The van der Waals surface area contributed by atoms with Gasteiger partial charge in [-0.25, -0.2) is 12.7 Å². The Hall–Kier alpha value is -1.15. The fourth-order valence-corrected chi connectivity index (χ4v) is 3.49. The Kier molecular flexibility index (Phi) is 5.74. The highest BCUT2D eigenvalue weighted by Crippen LogP contribution is 2.20. The van der Waals surface area contributed by atoms with Crippen molar-refractivity contribution in [2.75, 3.05) is 33.1 Å². The van der Waals surface area contributed by atoms with Crippen molar-refractivity contribution < 1.29 is 27.5 Å². The zero-order chi connectivity index (χ0) is 14.5. The lowest BCUT2D eigenvalue weighted by Gasteiger charge is -2.30. The minimum absolute atomic E-state index is 0.121. The van der Waals surface area contributed by atoms with Crippen LogP contribution in [0, 0.1) is 5.92 Å². The van der Waals surface area contributed by atoms with E-state index in [1.807, 2.05) is 0 Å². The van der Waals surface area contributed by atoms with E-state index in [-0.39, 0.29) is 18.7 Å². The molecule has 0 spiro atoms. The summed E-state index contributed by atoms with van der Waals surface area (Å²) in [5.41, 5.74) is 0. The van der Waals surface area contributed by atoms with Gasteiger partial charge < -0.3 is 9.47 Å². The Labute approximate surface area is 112 Å². The SMILES string of the molecule is COC(=O)CCS(=O)(=O)N1CCCC(C(=O)OC)C1. The molecular weight excluding hydrogens is 274 g/mol. The van der Waals surface area contributed by atoms with Crippen LogP contribution in [-0.4, -0.2) is 57.7 Å². The molecule has 0 aromatic carbocycles. The number of rotatable bonds is 5. The van der Waals surface area contributed by atoms with Crippen molar-refractivity contribution in [3.8, 4) is 0 Å². The molecule has 0 radical (unpaired) electrons. The van der Waals surface area contributed by atoms with E-state index in [1.165, 1.54) is 18.5 Å². The largest absolute Gasteiger partial charge is 0.469 e. The number of carbonyl (C=O) groups excluding carboxylic acids is 2. The highest BCUT2D eigenvalue weighted by molar-refractivity contribution is 7.89. The van der Waals surface area contributed by atoms with Crippen LogP contribution in [0.15, 0.2) is 0 Å². The minimum atomic E-state index is -3.54. The maximum absolute atomic E-state index is 12.0. The van der Waals surface area contributed by atoms with Crippen molar-refractivity contribution in [3.05, 3.63) is 0 Å². The first-order valence-corrected chi connectivity index (χ1v) is 7.64. The topological polar surface area (TPSA) is 90.0 Å². The summed E-state index contributed by atoms with van der Waals surface area (Å²) in [7, 11) is -1.04. The Balaban J connectivity index is 2.62. The third kappa shape index (κ3) is 4.46. The first-order valence-electron chi connectivity index (χ1n) is 6.03. The Bertz CT molecular complexity index is 432. The van der Waals surface area contributed by atoms with Gasteiger partial charge in [0.15, 0.2) is 0 Å². The van der Waals surface area contributed by atoms with Crippen LogP contribution in [-0.2, 0) is 29.1 Å². The number of esters is 2. The van der Waals surface area contributed by atoms with Crippen LogP contribution >= 0.6 is 0 Å². The van der Waals surface area contributed by atoms with Gasteiger partial charge in [-0.15, -0.1) is 0 Å². The van der Waals surface area contributed by atoms with E-state index in [4.69, 9.17) is 0 Å². The fourth-order valence-electron chi connectivity index (χ4n) is 2.00. The first-order chi connectivity index (χ1) is 8.90. The van der Waals surface area contributed by atoms with E-state index in [0.717, 1.165) is 0 Å². The monoisotopic (exact) mass is 293 g/mol. The normalized spacial score (nSPS) is 20.8. The van der Waals surface area contributed by atoms with E-state index >= 15 is 0 Å². The van der Waals surface area contributed by atoms with Gasteiger partial charge in [-0.2, -0.15) is 0 Å². The van der Waals surface area contributed by atoms with Crippen LogP contribution in [0.3, 0.4) is 0 Å². The summed E-state index contributed by atoms with van der Waals surface area (Å²) in [4.78, 5) is 22.4. The average molecular weight is 293 g/mol. The van der Waals surface area contributed by atoms with E-state index in [1.54, 1.807) is 0 Å². The molecule has 0 aliphatic carbocycles. The third-order valence-electron chi connectivity index (χ3n) is 3.10. The number of hydrogen-bond acceptors (Lipinski definition) is 6. The summed E-state index contributed by atoms with van der Waals surface area (Å²) >= 11 is 0. The Morgan fingerprint density at radius 1 is 1.26 bits per heavy atom. The van der Waals surface area contributed by atoms with Gasteiger partial charge in [0.1, 0.15) is 0 Å². The summed E-state index contributed by atoms with van der Waals surface area (Å²) in [6, 6.07) is 0. The van der Waals surface area contributed by atoms with Gasteiger partial charge in [0.05, 0.1) is 32.3 Å². The summed E-state index contributed by atoms with van der Waals surface area (Å²) in [6.45, 7) is 0.493. The van der Waals surface area contributed by atoms with E-state index in [9.17, 15) is 18.0 Å². The molecule has 1 saturated heterocycles. The number of nitrogens with zero attached hydrogens (tertiary/aromatic N) is 1. The third-order valence-corrected chi connectivity index (χ3v) is 4.94. The molecule has 19 heavy (non-hydrogen) atoms. The van der Waals surface area contributed by atoms with Crippen LogP contribution < -0.4 is 0 Å². The fraction of sp³-hybridized carbons (Fsp3) is 0.818. The molecule has 0 saturated carbocycles. The zero-order valence-electron chi connectivity index (χ0n) is 11.1. The van der Waals surface area contributed by atoms with Crippen LogP contribution in [0.1, 0.15) is 19.3 Å². The molecular formula is C11H19NO6S. The number of carbonyl (C=O) groups is 2. The standard InChI is InChI=1S/C11H19NO6S/c1-17-10(13)5-7-19(15,16)12-6-3-4-9(8-12)11(14)18-2/h9H,3-8H2,1-2H3. The second kappa shape index (κ2) is 6.85. The van der Waals surface area contributed by atoms with E-state index < -0.39 is 27.9 Å². The van der Waals surface area contributed by atoms with Crippen molar-refractivity contribution >= 4 is 22.0 Å². The van der Waals surface area contributed by atoms with Gasteiger partial charge >= 0.3 is 11.9 Å². The molecule has 0 aromatic rings. The molecule has 1 aliphatic heterocycles. The Morgan fingerprint density at radius 3 is 2.53 bits per heavy atom. The van der Waals surface area contributed by atoms with Crippen LogP contribution in [0.4, 0.5) is 0 Å². The molecule has 1 fully saturated rings. The van der Waals surface area contributed by atoms with Crippen molar-refractivity contribution in [1.29, 1.82) is 0 Å². The van der Waals surface area contributed by atoms with Crippen LogP contribution in [0.25, 0.3) is 0 Å². The van der Waals surface area contributed by atoms with Crippen molar-refractivity contribution in [2.24, 2.45) is 5.92 Å². The molecule has 8 heteroatoms. The molecule has 1 atom stereocenters. The molecule has 0 bridgehead atoms. The van der Waals surface area contributed by atoms with Gasteiger partial charge in [-0.1, -0.05) is 0 Å². The smallest absolute Gasteiger partial charge is 0.309 e. The lowest BCUT2D eigenvalue weighted by Crippen LogP contribution is -2.43. The summed E-state index contributed by atoms with van der Waals surface area (Å²) < 4.78 is 34.4. The van der Waals surface area contributed by atoms with E-state index in [0.29, 0.717) is 19.4 Å².